The SMILES string of the molecule is CCN(CC)C(=C1CCC(=C(c2ccccc2)N(CC)CC)C1=O)c1ccccc1. The van der Waals surface area contributed by atoms with Gasteiger partial charge in [0, 0.05) is 37.3 Å². The molecule has 0 radical (unpaired) electrons. The molecule has 1 fully saturated rings. The van der Waals surface area contributed by atoms with E-state index in [1.54, 1.807) is 0 Å². The van der Waals surface area contributed by atoms with Gasteiger partial charge in [-0.15, -0.1) is 0 Å². The molecule has 0 spiro atoms. The summed E-state index contributed by atoms with van der Waals surface area (Å²) in [6.45, 7) is 12.2. The second-order valence-electron chi connectivity index (χ2n) is 7.56. The van der Waals surface area contributed by atoms with Crippen LogP contribution < -0.4 is 0 Å². The van der Waals surface area contributed by atoms with E-state index in [9.17, 15) is 4.79 Å². The molecule has 0 aliphatic heterocycles. The Kier molecular flexibility index (Phi) is 7.51. The molecule has 0 heterocycles. The molecular formula is C27H34N2O. The maximum absolute atomic E-state index is 13.8. The minimum Gasteiger partial charge on any atom is -0.371 e. The van der Waals surface area contributed by atoms with E-state index in [1.165, 1.54) is 0 Å². The summed E-state index contributed by atoms with van der Waals surface area (Å²) in [6.07, 6.45) is 1.60. The van der Waals surface area contributed by atoms with Crippen molar-refractivity contribution in [2.75, 3.05) is 26.2 Å². The van der Waals surface area contributed by atoms with E-state index < -0.39 is 0 Å². The first-order valence-electron chi connectivity index (χ1n) is 11.3. The molecule has 0 bridgehead atoms. The Bertz CT molecular complexity index is 829. The lowest BCUT2D eigenvalue weighted by molar-refractivity contribution is -0.111. The first-order chi connectivity index (χ1) is 14.7. The summed E-state index contributed by atoms with van der Waals surface area (Å²) < 4.78 is 0. The number of carbonyl (C=O) groups is 1. The van der Waals surface area contributed by atoms with Crippen molar-refractivity contribution in [2.45, 2.75) is 40.5 Å². The third-order valence-electron chi connectivity index (χ3n) is 6.00. The zero-order valence-electron chi connectivity index (χ0n) is 18.8. The van der Waals surface area contributed by atoms with Crippen molar-refractivity contribution in [3.8, 4) is 0 Å². The van der Waals surface area contributed by atoms with Crippen molar-refractivity contribution in [2.24, 2.45) is 0 Å². The van der Waals surface area contributed by atoms with Crippen LogP contribution in [0.1, 0.15) is 51.7 Å². The summed E-state index contributed by atoms with van der Waals surface area (Å²) >= 11 is 0. The van der Waals surface area contributed by atoms with E-state index in [0.29, 0.717) is 0 Å². The molecule has 3 heteroatoms. The first kappa shape index (κ1) is 21.9. The highest BCUT2D eigenvalue weighted by Crippen LogP contribution is 2.38. The van der Waals surface area contributed by atoms with Gasteiger partial charge in [0.05, 0.1) is 11.4 Å². The normalized spacial score (nSPS) is 17.1. The van der Waals surface area contributed by atoms with Gasteiger partial charge in [-0.25, -0.2) is 0 Å². The second kappa shape index (κ2) is 10.3. The molecule has 3 nitrogen and oxygen atoms in total. The van der Waals surface area contributed by atoms with Crippen LogP contribution in [0.5, 0.6) is 0 Å². The Balaban J connectivity index is 2.19. The fourth-order valence-corrected chi connectivity index (χ4v) is 4.48. The van der Waals surface area contributed by atoms with Crippen LogP contribution >= 0.6 is 0 Å². The van der Waals surface area contributed by atoms with Crippen LogP contribution in [0.2, 0.25) is 0 Å². The van der Waals surface area contributed by atoms with Crippen molar-refractivity contribution < 1.29 is 4.79 Å². The predicted octanol–water partition coefficient (Wildman–Crippen LogP) is 5.86. The number of ketones is 1. The Morgan fingerprint density at radius 2 is 0.967 bits per heavy atom. The van der Waals surface area contributed by atoms with Gasteiger partial charge in [-0.05, 0) is 51.7 Å². The molecule has 2 aromatic rings. The lowest BCUT2D eigenvalue weighted by atomic mass is 10.00. The number of hydrogen-bond donors (Lipinski definition) is 0. The second-order valence-corrected chi connectivity index (χ2v) is 7.56. The minimum atomic E-state index is 0.214. The largest absolute Gasteiger partial charge is 0.371 e. The molecule has 30 heavy (non-hydrogen) atoms. The summed E-state index contributed by atoms with van der Waals surface area (Å²) in [5, 5.41) is 0. The van der Waals surface area contributed by atoms with Crippen molar-refractivity contribution in [1.82, 2.24) is 9.80 Å². The number of benzene rings is 2. The van der Waals surface area contributed by atoms with Gasteiger partial charge in [-0.1, -0.05) is 60.7 Å². The van der Waals surface area contributed by atoms with Crippen LogP contribution in [-0.4, -0.2) is 41.8 Å². The van der Waals surface area contributed by atoms with Gasteiger partial charge in [-0.2, -0.15) is 0 Å². The van der Waals surface area contributed by atoms with Gasteiger partial charge in [0.15, 0.2) is 5.78 Å². The Morgan fingerprint density at radius 3 is 1.27 bits per heavy atom. The van der Waals surface area contributed by atoms with E-state index in [1.807, 2.05) is 12.1 Å². The molecule has 1 saturated carbocycles. The van der Waals surface area contributed by atoms with Gasteiger partial charge < -0.3 is 9.80 Å². The van der Waals surface area contributed by atoms with Gasteiger partial charge >= 0.3 is 0 Å². The highest BCUT2D eigenvalue weighted by molar-refractivity contribution is 6.18. The van der Waals surface area contributed by atoms with Crippen LogP contribution in [0, 0.1) is 0 Å². The summed E-state index contributed by atoms with van der Waals surface area (Å²) in [4.78, 5) is 18.5. The quantitative estimate of drug-likeness (QED) is 0.517. The van der Waals surface area contributed by atoms with E-state index in [-0.39, 0.29) is 5.78 Å². The van der Waals surface area contributed by atoms with Crippen LogP contribution in [-0.2, 0) is 4.79 Å². The number of hydrogen-bond acceptors (Lipinski definition) is 3. The monoisotopic (exact) mass is 402 g/mol. The van der Waals surface area contributed by atoms with Crippen LogP contribution in [0.25, 0.3) is 11.4 Å². The Morgan fingerprint density at radius 1 is 0.633 bits per heavy atom. The van der Waals surface area contributed by atoms with E-state index in [4.69, 9.17) is 0 Å². The average molecular weight is 403 g/mol. The molecule has 0 saturated heterocycles. The number of Topliss-reactive ketones (excluding diaryl/α,β-unsaturated/α-hetero) is 1. The molecule has 158 valence electrons. The zero-order chi connectivity index (χ0) is 21.5. The van der Waals surface area contributed by atoms with Gasteiger partial charge in [0.2, 0.25) is 0 Å². The molecule has 0 unspecified atom stereocenters. The van der Waals surface area contributed by atoms with E-state index in [2.05, 4.69) is 86.0 Å². The van der Waals surface area contributed by atoms with Crippen molar-refractivity contribution >= 4 is 17.2 Å². The van der Waals surface area contributed by atoms with Gasteiger partial charge in [-0.3, -0.25) is 4.79 Å². The minimum absolute atomic E-state index is 0.214. The van der Waals surface area contributed by atoms with Gasteiger partial charge in [0.1, 0.15) is 0 Å². The number of rotatable bonds is 8. The molecule has 1 aliphatic rings. The average Bonchev–Trinajstić information content (AvgIpc) is 3.17. The summed E-state index contributed by atoms with van der Waals surface area (Å²) in [5.74, 6) is 0.214. The van der Waals surface area contributed by atoms with Crippen LogP contribution in [0.15, 0.2) is 71.8 Å². The van der Waals surface area contributed by atoms with Crippen LogP contribution in [0.4, 0.5) is 0 Å². The van der Waals surface area contributed by atoms with Crippen molar-refractivity contribution in [3.05, 3.63) is 82.9 Å². The summed E-state index contributed by atoms with van der Waals surface area (Å²) in [5.41, 5.74) is 6.39. The molecule has 1 aliphatic carbocycles. The van der Waals surface area contributed by atoms with E-state index >= 15 is 0 Å². The number of nitrogens with zero attached hydrogens (tertiary/aromatic N) is 2. The topological polar surface area (TPSA) is 23.6 Å². The maximum atomic E-state index is 13.8. The fraction of sp³-hybridized carbons (Fsp3) is 0.370. The Hall–Kier alpha value is -2.81. The molecule has 0 atom stereocenters. The molecule has 3 rings (SSSR count). The molecule has 0 N–H and O–H groups in total. The summed E-state index contributed by atoms with van der Waals surface area (Å²) in [6, 6.07) is 20.8. The fourth-order valence-electron chi connectivity index (χ4n) is 4.48. The highest BCUT2D eigenvalue weighted by Gasteiger charge is 2.32. The smallest absolute Gasteiger partial charge is 0.189 e. The summed E-state index contributed by atoms with van der Waals surface area (Å²) in [7, 11) is 0. The lowest BCUT2D eigenvalue weighted by Crippen LogP contribution is -2.25. The number of allylic oxidation sites excluding steroid dienone is 2. The third kappa shape index (κ3) is 4.35. The first-order valence-corrected chi connectivity index (χ1v) is 11.3. The molecule has 2 aromatic carbocycles. The van der Waals surface area contributed by atoms with Crippen LogP contribution in [0.3, 0.4) is 0 Å². The lowest BCUT2D eigenvalue weighted by Gasteiger charge is -2.28. The third-order valence-corrected chi connectivity index (χ3v) is 6.00. The highest BCUT2D eigenvalue weighted by atomic mass is 16.1. The van der Waals surface area contributed by atoms with Gasteiger partial charge in [0.25, 0.3) is 0 Å². The standard InChI is InChI=1S/C27H34N2O/c1-5-28(6-2)25(21-15-11-9-12-16-21)23-19-20-24(27(23)30)26(29(7-3)8-4)22-17-13-10-14-18-22/h9-18H,5-8,19-20H2,1-4H3. The molecule has 0 aromatic heterocycles. The van der Waals surface area contributed by atoms with Crippen molar-refractivity contribution in [3.63, 3.8) is 0 Å². The van der Waals surface area contributed by atoms with Crippen molar-refractivity contribution in [1.29, 1.82) is 0 Å². The molecule has 0 amide bonds. The Labute approximate surface area is 181 Å². The van der Waals surface area contributed by atoms with E-state index in [0.717, 1.165) is 72.7 Å². The predicted molar refractivity (Wildman–Crippen MR) is 127 cm³/mol. The number of carbonyl (C=O) groups excluding carboxylic acids is 1. The maximum Gasteiger partial charge on any atom is 0.189 e. The molecular weight excluding hydrogens is 368 g/mol. The zero-order valence-corrected chi connectivity index (χ0v) is 18.8.